The fourth-order valence-electron chi connectivity index (χ4n) is 3.93. The molecule has 10 heteroatoms. The second kappa shape index (κ2) is 10.4. The minimum Gasteiger partial charge on any atom is -0.376 e. The van der Waals surface area contributed by atoms with Gasteiger partial charge in [0, 0.05) is 35.4 Å². The van der Waals surface area contributed by atoms with Gasteiger partial charge in [-0.3, -0.25) is 9.36 Å². The molecule has 4 rings (SSSR count). The van der Waals surface area contributed by atoms with Crippen molar-refractivity contribution in [1.82, 2.24) is 14.8 Å². The van der Waals surface area contributed by atoms with E-state index in [1.807, 2.05) is 6.92 Å². The first-order valence-electron chi connectivity index (χ1n) is 10.7. The van der Waals surface area contributed by atoms with Crippen LogP contribution in [0.4, 0.5) is 11.6 Å². The zero-order valence-corrected chi connectivity index (χ0v) is 19.8. The summed E-state index contributed by atoms with van der Waals surface area (Å²) >= 11 is 13.5. The Hall–Kier alpha value is -1.48. The number of amides is 1. The van der Waals surface area contributed by atoms with Crippen LogP contribution in [0.3, 0.4) is 0 Å². The number of benzene rings is 1. The zero-order chi connectivity index (χ0) is 21.8. The molecule has 0 radical (unpaired) electrons. The minimum absolute atomic E-state index is 0.144. The van der Waals surface area contributed by atoms with E-state index in [2.05, 4.69) is 25.0 Å². The molecule has 2 aromatic rings. The molecule has 0 bridgehead atoms. The number of rotatable bonds is 7. The van der Waals surface area contributed by atoms with E-state index in [9.17, 15) is 4.79 Å². The molecule has 7 nitrogen and oxygen atoms in total. The van der Waals surface area contributed by atoms with Crippen molar-refractivity contribution in [3.8, 4) is 0 Å². The van der Waals surface area contributed by atoms with Crippen molar-refractivity contribution < 1.29 is 9.53 Å². The average molecular weight is 484 g/mol. The summed E-state index contributed by atoms with van der Waals surface area (Å²) in [5.74, 6) is 0.737. The molecule has 3 heterocycles. The predicted octanol–water partition coefficient (Wildman–Crippen LogP) is 4.87. The second-order valence-corrected chi connectivity index (χ2v) is 10.2. The molecule has 2 unspecified atom stereocenters. The Balaban J connectivity index is 1.49. The first-order chi connectivity index (χ1) is 15.0. The Bertz CT molecular complexity index is 893. The summed E-state index contributed by atoms with van der Waals surface area (Å²) in [7, 11) is 0. The summed E-state index contributed by atoms with van der Waals surface area (Å²) in [6, 6.07) is 4.99. The molecule has 0 aliphatic carbocycles. The van der Waals surface area contributed by atoms with E-state index in [4.69, 9.17) is 27.9 Å². The third kappa shape index (κ3) is 5.86. The summed E-state index contributed by atoms with van der Waals surface area (Å²) in [6.45, 7) is 5.34. The van der Waals surface area contributed by atoms with Gasteiger partial charge in [0.2, 0.25) is 11.9 Å². The maximum absolute atomic E-state index is 12.8. The van der Waals surface area contributed by atoms with Gasteiger partial charge in [-0.2, -0.15) is 0 Å². The summed E-state index contributed by atoms with van der Waals surface area (Å²) in [5, 5.41) is 13.1. The van der Waals surface area contributed by atoms with E-state index in [1.165, 1.54) is 18.2 Å². The molecule has 2 aliphatic heterocycles. The molecule has 1 N–H and O–H groups in total. The van der Waals surface area contributed by atoms with Crippen LogP contribution in [0.2, 0.25) is 10.0 Å². The van der Waals surface area contributed by atoms with Crippen molar-refractivity contribution in [3.63, 3.8) is 0 Å². The number of nitrogens with zero attached hydrogens (tertiary/aromatic N) is 4. The number of anilines is 2. The van der Waals surface area contributed by atoms with Crippen molar-refractivity contribution in [2.75, 3.05) is 29.9 Å². The predicted molar refractivity (Wildman–Crippen MR) is 125 cm³/mol. The lowest BCUT2D eigenvalue weighted by molar-refractivity contribution is -0.115. The number of thioether (sulfide) groups is 1. The van der Waals surface area contributed by atoms with Crippen molar-refractivity contribution in [2.24, 2.45) is 0 Å². The van der Waals surface area contributed by atoms with Crippen LogP contribution in [0.15, 0.2) is 23.4 Å². The lowest BCUT2D eigenvalue weighted by atomic mass is 10.1. The van der Waals surface area contributed by atoms with Crippen LogP contribution >= 0.6 is 35.0 Å². The minimum atomic E-state index is -0.376. The molecule has 2 saturated heterocycles. The van der Waals surface area contributed by atoms with Gasteiger partial charge in [0.05, 0.1) is 17.9 Å². The Morgan fingerprint density at radius 1 is 1.19 bits per heavy atom. The maximum atomic E-state index is 12.8. The van der Waals surface area contributed by atoms with E-state index < -0.39 is 0 Å². The van der Waals surface area contributed by atoms with E-state index in [-0.39, 0.29) is 17.3 Å². The van der Waals surface area contributed by atoms with Crippen molar-refractivity contribution in [3.05, 3.63) is 28.2 Å². The van der Waals surface area contributed by atoms with Gasteiger partial charge in [-0.1, -0.05) is 35.0 Å². The highest BCUT2D eigenvalue weighted by Gasteiger charge is 2.27. The lowest BCUT2D eigenvalue weighted by Crippen LogP contribution is -2.33. The summed E-state index contributed by atoms with van der Waals surface area (Å²) in [5.41, 5.74) is 0.574. The molecule has 2 atom stereocenters. The largest absolute Gasteiger partial charge is 0.376 e. The van der Waals surface area contributed by atoms with Crippen LogP contribution in [0.25, 0.3) is 0 Å². The monoisotopic (exact) mass is 483 g/mol. The number of carbonyl (C=O) groups is 1. The molecular weight excluding hydrogens is 457 g/mol. The molecular formula is C21H27Cl2N5O2S. The summed E-state index contributed by atoms with van der Waals surface area (Å²) in [4.78, 5) is 15.1. The molecule has 1 aromatic heterocycles. The molecule has 2 fully saturated rings. The number of carbonyl (C=O) groups excluding carboxylic acids is 1. The summed E-state index contributed by atoms with van der Waals surface area (Å²) in [6.07, 6.45) is 5.86. The van der Waals surface area contributed by atoms with Crippen molar-refractivity contribution in [1.29, 1.82) is 0 Å². The normalized spacial score (nSPS) is 20.1. The van der Waals surface area contributed by atoms with Crippen LogP contribution in [0.5, 0.6) is 0 Å². The van der Waals surface area contributed by atoms with Crippen LogP contribution in [-0.4, -0.2) is 51.7 Å². The number of hydrogen-bond donors (Lipinski definition) is 1. The molecule has 31 heavy (non-hydrogen) atoms. The topological polar surface area (TPSA) is 72.3 Å². The first kappa shape index (κ1) is 22.7. The van der Waals surface area contributed by atoms with Crippen molar-refractivity contribution in [2.45, 2.75) is 62.1 Å². The van der Waals surface area contributed by atoms with Gasteiger partial charge in [0.1, 0.15) is 0 Å². The smallest absolute Gasteiger partial charge is 0.237 e. The highest BCUT2D eigenvalue weighted by atomic mass is 35.5. The summed E-state index contributed by atoms with van der Waals surface area (Å²) < 4.78 is 8.00. The molecule has 0 spiro atoms. The van der Waals surface area contributed by atoms with Gasteiger partial charge in [-0.15, -0.1) is 10.2 Å². The molecule has 0 saturated carbocycles. The number of hydrogen-bond acceptors (Lipinski definition) is 6. The Morgan fingerprint density at radius 3 is 2.61 bits per heavy atom. The Morgan fingerprint density at radius 2 is 1.94 bits per heavy atom. The van der Waals surface area contributed by atoms with E-state index in [0.717, 1.165) is 56.5 Å². The van der Waals surface area contributed by atoms with Gasteiger partial charge in [-0.25, -0.2) is 0 Å². The zero-order valence-electron chi connectivity index (χ0n) is 17.5. The number of piperidine rings is 1. The van der Waals surface area contributed by atoms with Crippen LogP contribution in [0, 0.1) is 0 Å². The number of ether oxygens (including phenoxy) is 1. The SMILES string of the molecule is CC(Sc1nnc(N2CCCCC2)n1CC1CCCO1)C(=O)Nc1cc(Cl)cc(Cl)c1. The highest BCUT2D eigenvalue weighted by molar-refractivity contribution is 8.00. The fraction of sp³-hybridized carbons (Fsp3) is 0.571. The van der Waals surface area contributed by atoms with Crippen LogP contribution in [-0.2, 0) is 16.1 Å². The highest BCUT2D eigenvalue weighted by Crippen LogP contribution is 2.30. The Labute approximate surface area is 196 Å². The molecule has 1 aromatic carbocycles. The second-order valence-electron chi connectivity index (χ2n) is 7.98. The third-order valence-corrected chi connectivity index (χ3v) is 7.04. The molecule has 2 aliphatic rings. The van der Waals surface area contributed by atoms with Gasteiger partial charge >= 0.3 is 0 Å². The Kier molecular flexibility index (Phi) is 7.63. The van der Waals surface area contributed by atoms with Gasteiger partial charge in [0.15, 0.2) is 5.16 Å². The number of aromatic nitrogens is 3. The molecule has 1 amide bonds. The quantitative estimate of drug-likeness (QED) is 0.566. The standard InChI is InChI=1S/C21H27Cl2N5O2S/c1-14(19(29)24-17-11-15(22)10-16(23)12-17)31-21-26-25-20(27-7-3-2-4-8-27)28(21)13-18-6-5-9-30-18/h10-12,14,18H,2-9,13H2,1H3,(H,24,29). The van der Waals surface area contributed by atoms with E-state index in [1.54, 1.807) is 18.2 Å². The van der Waals surface area contributed by atoms with Crippen molar-refractivity contribution >= 4 is 52.5 Å². The fourth-order valence-corrected chi connectivity index (χ4v) is 5.31. The number of halogens is 2. The number of nitrogens with one attached hydrogen (secondary N) is 1. The van der Waals surface area contributed by atoms with Gasteiger partial charge < -0.3 is 15.0 Å². The third-order valence-electron chi connectivity index (χ3n) is 5.53. The maximum Gasteiger partial charge on any atom is 0.237 e. The van der Waals surface area contributed by atoms with E-state index >= 15 is 0 Å². The first-order valence-corrected chi connectivity index (χ1v) is 12.4. The lowest BCUT2D eigenvalue weighted by Gasteiger charge is -2.28. The van der Waals surface area contributed by atoms with E-state index in [0.29, 0.717) is 22.3 Å². The van der Waals surface area contributed by atoms with Gasteiger partial charge in [0.25, 0.3) is 0 Å². The van der Waals surface area contributed by atoms with Crippen LogP contribution in [0.1, 0.15) is 39.0 Å². The van der Waals surface area contributed by atoms with Crippen LogP contribution < -0.4 is 10.2 Å². The van der Waals surface area contributed by atoms with Gasteiger partial charge in [-0.05, 0) is 57.2 Å². The molecule has 168 valence electrons. The average Bonchev–Trinajstić information content (AvgIpc) is 3.39.